The Morgan fingerprint density at radius 3 is 1.32 bits per heavy atom. The molecule has 2 aromatic heterocycles. The third-order valence-electron chi connectivity index (χ3n) is 9.16. The third kappa shape index (κ3) is 4.24. The second-order valence-electron chi connectivity index (χ2n) is 12.0. The van der Waals surface area contributed by atoms with Crippen LogP contribution in [0, 0.1) is 54.4 Å². The van der Waals surface area contributed by atoms with Crippen molar-refractivity contribution in [2.24, 2.45) is 0 Å². The molecule has 8 nitrogen and oxygen atoms in total. The van der Waals surface area contributed by atoms with Crippen LogP contribution in [0.3, 0.4) is 0 Å². The Hall–Kier alpha value is -6.82. The monoisotopic (exact) mass is 680 g/mol. The number of hydrogen-bond acceptors (Lipinski definition) is 9. The molecule has 0 spiro atoms. The first-order valence-corrected chi connectivity index (χ1v) is 16.7. The van der Waals surface area contributed by atoms with E-state index < -0.39 is 23.1 Å². The topological polar surface area (TPSA) is 144 Å². The number of thiophene rings is 2. The van der Waals surface area contributed by atoms with E-state index in [1.54, 1.807) is 12.2 Å². The molecule has 50 heavy (non-hydrogen) atoms. The Bertz CT molecular complexity index is 2650. The van der Waals surface area contributed by atoms with Crippen LogP contribution in [0.1, 0.15) is 79.0 Å². The molecule has 0 fully saturated rings. The molecule has 232 valence electrons. The minimum atomic E-state index is -0.484. The third-order valence-corrected chi connectivity index (χ3v) is 11.4. The lowest BCUT2D eigenvalue weighted by molar-refractivity contribution is 0.0975. The molecule has 0 amide bonds. The van der Waals surface area contributed by atoms with E-state index in [4.69, 9.17) is 6.57 Å². The molecule has 0 unspecified atom stereocenters. The quantitative estimate of drug-likeness (QED) is 0.101. The molecule has 8 rings (SSSR count). The van der Waals surface area contributed by atoms with Gasteiger partial charge in [0.15, 0.2) is 23.1 Å². The van der Waals surface area contributed by atoms with Crippen molar-refractivity contribution in [3.8, 4) is 18.2 Å². The van der Waals surface area contributed by atoms with Gasteiger partial charge in [-0.3, -0.25) is 19.2 Å². The second-order valence-corrected chi connectivity index (χ2v) is 14.2. The average molecular weight is 681 g/mol. The standard InChI is InChI=1S/C40H16N4O4S2/c1-17-4-31-30(39-24(17)9-22(49-39)11-32-35(45)26-6-19(14-41)20(15-42)7-27(26)36(32)46)5-18(2)25-10-23(50-40(25)31)12-33-37(47)28-8-21(16-43)34(44-3)13-29(28)38(33)48/h4-13H,1-2H3/b33-12+. The first-order chi connectivity index (χ1) is 24.1. The molecule has 6 aromatic rings. The summed E-state index contributed by atoms with van der Waals surface area (Å²) in [7, 11) is 0. The van der Waals surface area contributed by atoms with Gasteiger partial charge in [-0.1, -0.05) is 0 Å². The Labute approximate surface area is 291 Å². The zero-order chi connectivity index (χ0) is 35.2. The van der Waals surface area contributed by atoms with E-state index in [9.17, 15) is 35.0 Å². The molecule has 0 radical (unpaired) electrons. The van der Waals surface area contributed by atoms with Crippen LogP contribution >= 0.6 is 22.7 Å². The summed E-state index contributed by atoms with van der Waals surface area (Å²) in [5, 5.41) is 32.1. The molecule has 0 atom stereocenters. The number of Topliss-reactive ketones (excluding diaryl/α,β-unsaturated/α-hetero) is 4. The second kappa shape index (κ2) is 10.9. The largest absolute Gasteiger partial charge is 0.288 e. The lowest BCUT2D eigenvalue weighted by atomic mass is 9.99. The van der Waals surface area contributed by atoms with E-state index >= 15 is 0 Å². The van der Waals surface area contributed by atoms with Gasteiger partial charge in [-0.2, -0.15) is 15.8 Å². The molecule has 0 N–H and O–H groups in total. The van der Waals surface area contributed by atoms with Crippen LogP contribution in [0.2, 0.25) is 0 Å². The summed E-state index contributed by atoms with van der Waals surface area (Å²) in [6.07, 6.45) is 3.16. The van der Waals surface area contributed by atoms with E-state index in [-0.39, 0.29) is 55.8 Å². The maximum Gasteiger partial charge on any atom is 0.205 e. The summed E-state index contributed by atoms with van der Waals surface area (Å²) in [5.74, 6) is -1.92. The van der Waals surface area contributed by atoms with Crippen molar-refractivity contribution in [1.29, 1.82) is 15.8 Å². The first kappa shape index (κ1) is 30.5. The minimum absolute atomic E-state index is 0.0140. The van der Waals surface area contributed by atoms with E-state index in [1.807, 2.05) is 44.2 Å². The van der Waals surface area contributed by atoms with Crippen LogP contribution in [-0.2, 0) is 0 Å². The maximum absolute atomic E-state index is 13.3. The summed E-state index contributed by atoms with van der Waals surface area (Å²) in [5.41, 5.74) is 2.58. The smallest absolute Gasteiger partial charge is 0.205 e. The number of nitriles is 3. The molecule has 4 aromatic carbocycles. The van der Waals surface area contributed by atoms with Crippen molar-refractivity contribution in [2.45, 2.75) is 13.8 Å². The van der Waals surface area contributed by atoms with Gasteiger partial charge < -0.3 is 0 Å². The van der Waals surface area contributed by atoms with Crippen molar-refractivity contribution in [1.82, 2.24) is 0 Å². The number of nitrogens with zero attached hydrogens (tertiary/aromatic N) is 4. The van der Waals surface area contributed by atoms with Gasteiger partial charge >= 0.3 is 0 Å². The van der Waals surface area contributed by atoms with E-state index in [0.717, 1.165) is 42.1 Å². The average Bonchev–Trinajstić information content (AvgIpc) is 3.86. The molecule has 2 aliphatic carbocycles. The molecular formula is C40H16N4O4S2. The zero-order valence-electron chi connectivity index (χ0n) is 26.0. The summed E-state index contributed by atoms with van der Waals surface area (Å²) < 4.78 is 1.94. The van der Waals surface area contributed by atoms with Crippen molar-refractivity contribution in [3.05, 3.63) is 131 Å². The van der Waals surface area contributed by atoms with Gasteiger partial charge in [0.05, 0.1) is 40.5 Å². The van der Waals surface area contributed by atoms with Crippen LogP contribution in [0.15, 0.2) is 59.7 Å². The van der Waals surface area contributed by atoms with Gasteiger partial charge in [-0.05, 0) is 96.4 Å². The molecule has 2 heterocycles. The Morgan fingerprint density at radius 2 is 0.940 bits per heavy atom. The first-order valence-electron chi connectivity index (χ1n) is 15.0. The predicted molar refractivity (Wildman–Crippen MR) is 191 cm³/mol. The molecular weight excluding hydrogens is 665 g/mol. The number of hydrogen-bond donors (Lipinski definition) is 0. The number of benzene rings is 4. The van der Waals surface area contributed by atoms with Crippen LogP contribution in [-0.4, -0.2) is 23.1 Å². The number of rotatable bonds is 2. The number of allylic oxidation sites excluding steroid dienone is 2. The van der Waals surface area contributed by atoms with Crippen LogP contribution in [0.25, 0.3) is 47.9 Å². The zero-order valence-corrected chi connectivity index (χ0v) is 27.6. The van der Waals surface area contributed by atoms with Crippen LogP contribution in [0.4, 0.5) is 5.69 Å². The predicted octanol–water partition coefficient (Wildman–Crippen LogP) is 8.98. The molecule has 0 saturated heterocycles. The molecule has 2 aliphatic rings. The van der Waals surface area contributed by atoms with Gasteiger partial charge in [0.1, 0.15) is 12.1 Å². The summed E-state index contributed by atoms with van der Waals surface area (Å²) in [6, 6.07) is 19.1. The number of carbonyl (C=O) groups excluding carboxylic acids is 4. The van der Waals surface area contributed by atoms with Gasteiger partial charge in [0.25, 0.3) is 0 Å². The number of ketones is 4. The van der Waals surface area contributed by atoms with Crippen molar-refractivity contribution in [2.75, 3.05) is 0 Å². The van der Waals surface area contributed by atoms with Crippen LogP contribution in [0.5, 0.6) is 0 Å². The molecule has 0 aliphatic heterocycles. The fourth-order valence-corrected chi connectivity index (χ4v) is 9.10. The van der Waals surface area contributed by atoms with Gasteiger partial charge in [-0.25, -0.2) is 4.85 Å². The van der Waals surface area contributed by atoms with Crippen molar-refractivity contribution >= 4 is 94.6 Å². The minimum Gasteiger partial charge on any atom is -0.288 e. The van der Waals surface area contributed by atoms with E-state index in [1.165, 1.54) is 46.9 Å². The maximum atomic E-state index is 13.3. The Balaban J connectivity index is 1.22. The van der Waals surface area contributed by atoms with Crippen LogP contribution < -0.4 is 0 Å². The SMILES string of the molecule is [C-]#[N+]c1cc2c(cc1C#N)C(=O)/C(=C\c1cc3c(C)cc4c(cc(C)c5cc(C=C6C(=O)c7cc(C#N)c(C#N)cc7C6=O)sc54)c3s1)C2=O. The highest BCUT2D eigenvalue weighted by atomic mass is 32.1. The van der Waals surface area contributed by atoms with Gasteiger partial charge in [0.2, 0.25) is 5.69 Å². The lowest BCUT2D eigenvalue weighted by Crippen LogP contribution is -1.99. The van der Waals surface area contributed by atoms with Crippen molar-refractivity contribution < 1.29 is 19.2 Å². The number of aryl methyl sites for hydroxylation is 2. The van der Waals surface area contributed by atoms with Gasteiger partial charge in [0, 0.05) is 52.2 Å². The normalized spacial score (nSPS) is 14.3. The van der Waals surface area contributed by atoms with E-state index in [2.05, 4.69) is 17.0 Å². The Morgan fingerprint density at radius 1 is 0.560 bits per heavy atom. The fourth-order valence-electron chi connectivity index (χ4n) is 6.71. The Kier molecular flexibility index (Phi) is 6.62. The van der Waals surface area contributed by atoms with E-state index in [0.29, 0.717) is 9.75 Å². The number of carbonyl (C=O) groups is 4. The highest BCUT2D eigenvalue weighted by molar-refractivity contribution is 7.22. The summed E-state index contributed by atoms with van der Waals surface area (Å²) >= 11 is 2.90. The summed E-state index contributed by atoms with van der Waals surface area (Å²) in [4.78, 5) is 58.0. The molecule has 10 heteroatoms. The fraction of sp³-hybridized carbons (Fsp3) is 0.0500. The van der Waals surface area contributed by atoms with Crippen molar-refractivity contribution in [3.63, 3.8) is 0 Å². The molecule has 0 bridgehead atoms. The summed E-state index contributed by atoms with van der Waals surface area (Å²) in [6.45, 7) is 11.3. The van der Waals surface area contributed by atoms with Gasteiger partial charge in [-0.15, -0.1) is 22.7 Å². The highest BCUT2D eigenvalue weighted by Gasteiger charge is 2.36. The lowest BCUT2D eigenvalue weighted by Gasteiger charge is -2.07. The highest BCUT2D eigenvalue weighted by Crippen LogP contribution is 2.44. The molecule has 0 saturated carbocycles. The number of fused-ring (bicyclic) bond motifs is 7.